The molecule has 0 amide bonds. The third kappa shape index (κ3) is 7.59. The van der Waals surface area contributed by atoms with Crippen LogP contribution >= 0.6 is 0 Å². The maximum absolute atomic E-state index is 5.47. The van der Waals surface area contributed by atoms with Gasteiger partial charge in [-0.15, -0.1) is 0 Å². The van der Waals surface area contributed by atoms with E-state index in [4.69, 9.17) is 4.74 Å². The molecule has 0 unspecified atom stereocenters. The van der Waals surface area contributed by atoms with E-state index in [1.807, 2.05) is 7.05 Å². The van der Waals surface area contributed by atoms with Gasteiger partial charge in [0.1, 0.15) is 0 Å². The van der Waals surface area contributed by atoms with Gasteiger partial charge in [0.15, 0.2) is 5.96 Å². The first-order valence-corrected chi connectivity index (χ1v) is 11.0. The molecule has 0 aromatic heterocycles. The lowest BCUT2D eigenvalue weighted by molar-refractivity contribution is 0.0341. The Bertz CT molecular complexity index is 631. The van der Waals surface area contributed by atoms with Gasteiger partial charge in [-0.05, 0) is 37.7 Å². The summed E-state index contributed by atoms with van der Waals surface area (Å²) in [4.78, 5) is 11.8. The number of benzene rings is 1. The van der Waals surface area contributed by atoms with E-state index in [0.717, 1.165) is 71.5 Å². The molecule has 29 heavy (non-hydrogen) atoms. The van der Waals surface area contributed by atoms with Crippen molar-refractivity contribution in [1.29, 1.82) is 0 Å². The van der Waals surface area contributed by atoms with Gasteiger partial charge in [-0.1, -0.05) is 24.3 Å². The highest BCUT2D eigenvalue weighted by molar-refractivity contribution is 5.79. The van der Waals surface area contributed by atoms with Gasteiger partial charge in [0.2, 0.25) is 0 Å². The highest BCUT2D eigenvalue weighted by atomic mass is 16.5. The Morgan fingerprint density at radius 2 is 1.76 bits per heavy atom. The highest BCUT2D eigenvalue weighted by Gasteiger charge is 2.13. The summed E-state index contributed by atoms with van der Waals surface area (Å²) < 4.78 is 5.47. The predicted molar refractivity (Wildman–Crippen MR) is 119 cm³/mol. The van der Waals surface area contributed by atoms with Gasteiger partial charge >= 0.3 is 0 Å². The summed E-state index contributed by atoms with van der Waals surface area (Å²) in [5.74, 6) is 0.873. The first kappa shape index (κ1) is 22.0. The fraction of sp³-hybridized carbons (Fsp3) is 0.682. The summed E-state index contributed by atoms with van der Waals surface area (Å²) in [6.45, 7) is 12.1. The summed E-state index contributed by atoms with van der Waals surface area (Å²) in [5, 5.41) is 6.97. The third-order valence-electron chi connectivity index (χ3n) is 5.82. The molecule has 0 aliphatic carbocycles. The Labute approximate surface area is 176 Å². The topological polar surface area (TPSA) is 55.4 Å². The van der Waals surface area contributed by atoms with Crippen LogP contribution in [0.5, 0.6) is 0 Å². The van der Waals surface area contributed by atoms with E-state index in [1.165, 1.54) is 30.6 Å². The number of hydrogen-bond acceptors (Lipinski definition) is 5. The van der Waals surface area contributed by atoms with Crippen LogP contribution in [-0.4, -0.2) is 100 Å². The second-order valence-corrected chi connectivity index (χ2v) is 8.01. The minimum absolute atomic E-state index is 0.786. The van der Waals surface area contributed by atoms with Crippen LogP contribution in [0.25, 0.3) is 0 Å². The zero-order valence-corrected chi connectivity index (χ0v) is 18.2. The average Bonchev–Trinajstić information content (AvgIpc) is 2.96. The average molecular weight is 403 g/mol. The minimum atomic E-state index is 0.786. The number of ether oxygens (including phenoxy) is 1. The number of morpholine rings is 1. The van der Waals surface area contributed by atoms with E-state index in [2.05, 4.69) is 61.6 Å². The largest absolute Gasteiger partial charge is 0.379 e. The predicted octanol–water partition coefficient (Wildman–Crippen LogP) is 0.821. The van der Waals surface area contributed by atoms with Crippen LogP contribution in [0.2, 0.25) is 0 Å². The lowest BCUT2D eigenvalue weighted by atomic mass is 10.1. The Morgan fingerprint density at radius 1 is 0.966 bits per heavy atom. The summed E-state index contributed by atoms with van der Waals surface area (Å²) in [5.41, 5.74) is 2.71. The molecule has 1 aromatic carbocycles. The molecule has 7 heteroatoms. The van der Waals surface area contributed by atoms with Crippen LogP contribution in [0, 0.1) is 0 Å². The maximum atomic E-state index is 5.47. The van der Waals surface area contributed by atoms with Crippen LogP contribution in [-0.2, 0) is 17.8 Å². The lowest BCUT2D eigenvalue weighted by Gasteiger charge is -2.27. The fourth-order valence-electron chi connectivity index (χ4n) is 3.94. The van der Waals surface area contributed by atoms with E-state index in [1.54, 1.807) is 0 Å². The van der Waals surface area contributed by atoms with Crippen LogP contribution in [0.15, 0.2) is 29.3 Å². The van der Waals surface area contributed by atoms with E-state index in [9.17, 15) is 0 Å². The van der Waals surface area contributed by atoms with E-state index in [-0.39, 0.29) is 0 Å². The van der Waals surface area contributed by atoms with Crippen LogP contribution < -0.4 is 10.6 Å². The molecule has 3 rings (SSSR count). The first-order chi connectivity index (χ1) is 14.2. The van der Waals surface area contributed by atoms with Crippen molar-refractivity contribution in [3.05, 3.63) is 35.4 Å². The van der Waals surface area contributed by atoms with Gasteiger partial charge in [-0.25, -0.2) is 0 Å². The van der Waals surface area contributed by atoms with Crippen LogP contribution in [0.3, 0.4) is 0 Å². The molecule has 2 heterocycles. The Morgan fingerprint density at radius 3 is 2.55 bits per heavy atom. The van der Waals surface area contributed by atoms with Crippen molar-refractivity contribution in [2.45, 2.75) is 19.5 Å². The molecular weight excluding hydrogens is 364 g/mol. The molecule has 1 aromatic rings. The molecule has 0 bridgehead atoms. The molecule has 0 radical (unpaired) electrons. The van der Waals surface area contributed by atoms with Gasteiger partial charge in [-0.3, -0.25) is 9.89 Å². The van der Waals surface area contributed by atoms with E-state index >= 15 is 0 Å². The van der Waals surface area contributed by atoms with Crippen molar-refractivity contribution in [3.63, 3.8) is 0 Å². The Balaban J connectivity index is 1.43. The Kier molecular flexibility index (Phi) is 9.21. The number of hydrogen-bond donors (Lipinski definition) is 2. The number of guanidine groups is 1. The maximum Gasteiger partial charge on any atom is 0.191 e. The van der Waals surface area contributed by atoms with Crippen molar-refractivity contribution in [2.75, 3.05) is 79.7 Å². The van der Waals surface area contributed by atoms with Gasteiger partial charge in [0.25, 0.3) is 0 Å². The quantitative estimate of drug-likeness (QED) is 0.520. The van der Waals surface area contributed by atoms with Crippen molar-refractivity contribution >= 4 is 5.96 Å². The lowest BCUT2D eigenvalue weighted by Crippen LogP contribution is -2.42. The molecule has 0 atom stereocenters. The number of nitrogens with one attached hydrogen (secondary N) is 2. The molecule has 2 fully saturated rings. The number of likely N-dealkylation sites (N-methyl/N-ethyl adjacent to an activating group) is 1. The summed E-state index contributed by atoms with van der Waals surface area (Å²) in [6.07, 6.45) is 1.25. The zero-order chi connectivity index (χ0) is 20.3. The SMILES string of the molecule is CN=C(NCCN1CCCN(C)CC1)NCc1ccccc1CN1CCOCC1. The summed E-state index contributed by atoms with van der Waals surface area (Å²) >= 11 is 0. The number of rotatable bonds is 7. The number of aliphatic imine (C=N–C) groups is 1. The number of nitrogens with zero attached hydrogens (tertiary/aromatic N) is 4. The fourth-order valence-corrected chi connectivity index (χ4v) is 3.94. The normalized spacial score (nSPS) is 20.4. The zero-order valence-electron chi connectivity index (χ0n) is 18.2. The molecule has 2 N–H and O–H groups in total. The molecule has 2 aliphatic rings. The van der Waals surface area contributed by atoms with Crippen LogP contribution in [0.1, 0.15) is 17.5 Å². The molecule has 0 spiro atoms. The Hall–Kier alpha value is -1.67. The minimum Gasteiger partial charge on any atom is -0.379 e. The first-order valence-electron chi connectivity index (χ1n) is 11.0. The van der Waals surface area contributed by atoms with Gasteiger partial charge in [-0.2, -0.15) is 0 Å². The van der Waals surface area contributed by atoms with Crippen molar-refractivity contribution in [3.8, 4) is 0 Å². The molecule has 2 aliphatic heterocycles. The van der Waals surface area contributed by atoms with Gasteiger partial charge in [0, 0.05) is 59.4 Å². The molecule has 7 nitrogen and oxygen atoms in total. The third-order valence-corrected chi connectivity index (χ3v) is 5.82. The molecule has 162 valence electrons. The monoisotopic (exact) mass is 402 g/mol. The van der Waals surface area contributed by atoms with Gasteiger partial charge < -0.3 is 25.2 Å². The molecule has 0 saturated carbocycles. The second kappa shape index (κ2) is 12.1. The van der Waals surface area contributed by atoms with E-state index in [0.29, 0.717) is 0 Å². The highest BCUT2D eigenvalue weighted by Crippen LogP contribution is 2.13. The van der Waals surface area contributed by atoms with Crippen molar-refractivity contribution < 1.29 is 4.74 Å². The summed E-state index contributed by atoms with van der Waals surface area (Å²) in [6, 6.07) is 8.69. The summed E-state index contributed by atoms with van der Waals surface area (Å²) in [7, 11) is 4.06. The molecular formula is C22H38N6O. The second-order valence-electron chi connectivity index (χ2n) is 8.01. The van der Waals surface area contributed by atoms with Crippen molar-refractivity contribution in [1.82, 2.24) is 25.3 Å². The smallest absolute Gasteiger partial charge is 0.191 e. The van der Waals surface area contributed by atoms with Crippen LogP contribution in [0.4, 0.5) is 0 Å². The molecule has 2 saturated heterocycles. The van der Waals surface area contributed by atoms with Crippen molar-refractivity contribution in [2.24, 2.45) is 4.99 Å². The van der Waals surface area contributed by atoms with E-state index < -0.39 is 0 Å². The standard InChI is InChI=1S/C22H38N6O/c1-23-22(24-8-11-27-10-5-9-26(2)12-13-27)25-18-20-6-3-4-7-21(20)19-28-14-16-29-17-15-28/h3-4,6-7H,5,8-19H2,1-2H3,(H2,23,24,25). The van der Waals surface area contributed by atoms with Gasteiger partial charge in [0.05, 0.1) is 13.2 Å².